The van der Waals surface area contributed by atoms with Crippen LogP contribution < -0.4 is 10.6 Å². The molecule has 0 fully saturated rings. The molecule has 1 heterocycles. The van der Waals surface area contributed by atoms with Crippen LogP contribution in [0.3, 0.4) is 0 Å². The van der Waals surface area contributed by atoms with Crippen molar-refractivity contribution in [3.8, 4) is 10.4 Å². The summed E-state index contributed by atoms with van der Waals surface area (Å²) < 4.78 is 33.6. The number of hydrogen-bond donors (Lipinski definition) is 1. The van der Waals surface area contributed by atoms with Crippen molar-refractivity contribution >= 4 is 34.7 Å². The fourth-order valence-electron chi connectivity index (χ4n) is 3.43. The van der Waals surface area contributed by atoms with E-state index in [4.69, 9.17) is 10.5 Å². The van der Waals surface area contributed by atoms with E-state index < -0.39 is 11.6 Å². The van der Waals surface area contributed by atoms with Gasteiger partial charge in [0.25, 0.3) is 0 Å². The van der Waals surface area contributed by atoms with Crippen LogP contribution in [0.5, 0.6) is 0 Å². The van der Waals surface area contributed by atoms with Gasteiger partial charge in [-0.1, -0.05) is 18.2 Å². The minimum atomic E-state index is -0.760. The number of nitrogens with two attached hydrogens (primary N) is 1. The molecule has 6 nitrogen and oxygen atoms in total. The molecule has 0 unspecified atom stereocenters. The molecule has 0 bridgehead atoms. The SMILES string of the molecule is COCCN(C)Cc1c(-c2ccc(N)cc2)sc(N(C=O)Cc2c(F)cccc2F)c1C=O. The molecule has 3 aromatic rings. The second-order valence-electron chi connectivity index (χ2n) is 7.53. The number of thiophene rings is 1. The van der Waals surface area contributed by atoms with Gasteiger partial charge in [0.15, 0.2) is 6.29 Å². The summed E-state index contributed by atoms with van der Waals surface area (Å²) in [5, 5.41) is 0.324. The molecule has 9 heteroatoms. The topological polar surface area (TPSA) is 75.9 Å². The highest BCUT2D eigenvalue weighted by molar-refractivity contribution is 7.20. The average Bonchev–Trinajstić information content (AvgIpc) is 3.15. The lowest BCUT2D eigenvalue weighted by atomic mass is 10.0. The van der Waals surface area contributed by atoms with Crippen molar-refractivity contribution in [3.63, 3.8) is 0 Å². The number of benzene rings is 2. The Bertz CT molecular complexity index is 1100. The van der Waals surface area contributed by atoms with Crippen LogP contribution in [0.25, 0.3) is 10.4 Å². The van der Waals surface area contributed by atoms with Gasteiger partial charge in [0.2, 0.25) is 6.41 Å². The number of nitrogens with zero attached hydrogens (tertiary/aromatic N) is 2. The van der Waals surface area contributed by atoms with Crippen molar-refractivity contribution in [2.75, 3.05) is 37.9 Å². The van der Waals surface area contributed by atoms with Gasteiger partial charge in [0.05, 0.1) is 18.7 Å². The van der Waals surface area contributed by atoms with Gasteiger partial charge in [-0.3, -0.25) is 14.5 Å². The van der Waals surface area contributed by atoms with Gasteiger partial charge < -0.3 is 15.4 Å². The molecule has 0 aliphatic rings. The number of ether oxygens (including phenoxy) is 1. The second kappa shape index (κ2) is 11.1. The number of anilines is 2. The number of aldehydes is 1. The number of hydrogen-bond acceptors (Lipinski definition) is 6. The van der Waals surface area contributed by atoms with E-state index in [9.17, 15) is 18.4 Å². The number of nitrogen functional groups attached to an aromatic ring is 1. The van der Waals surface area contributed by atoms with Gasteiger partial charge in [0.1, 0.15) is 16.6 Å². The van der Waals surface area contributed by atoms with Gasteiger partial charge in [-0.2, -0.15) is 0 Å². The molecule has 0 saturated carbocycles. The quantitative estimate of drug-likeness (QED) is 0.331. The van der Waals surface area contributed by atoms with Crippen LogP contribution in [0.2, 0.25) is 0 Å². The zero-order chi connectivity index (χ0) is 24.0. The Hall–Kier alpha value is -3.14. The van der Waals surface area contributed by atoms with Crippen LogP contribution in [0.4, 0.5) is 19.5 Å². The minimum Gasteiger partial charge on any atom is -0.399 e. The molecule has 0 radical (unpaired) electrons. The molecule has 0 spiro atoms. The molecule has 2 N–H and O–H groups in total. The minimum absolute atomic E-state index is 0.248. The molecule has 1 amide bonds. The number of carbonyl (C=O) groups excluding carboxylic acids is 2. The maximum Gasteiger partial charge on any atom is 0.215 e. The Morgan fingerprint density at radius 1 is 1.03 bits per heavy atom. The molecule has 3 rings (SSSR count). The van der Waals surface area contributed by atoms with Crippen molar-refractivity contribution in [2.24, 2.45) is 0 Å². The van der Waals surface area contributed by atoms with Crippen LogP contribution in [0.1, 0.15) is 21.5 Å². The maximum absolute atomic E-state index is 14.2. The van der Waals surface area contributed by atoms with Crippen molar-refractivity contribution in [2.45, 2.75) is 13.1 Å². The highest BCUT2D eigenvalue weighted by atomic mass is 32.1. The van der Waals surface area contributed by atoms with Crippen LogP contribution in [0, 0.1) is 11.6 Å². The van der Waals surface area contributed by atoms with Gasteiger partial charge in [0, 0.05) is 36.3 Å². The Balaban J connectivity index is 2.10. The monoisotopic (exact) mass is 473 g/mol. The van der Waals surface area contributed by atoms with E-state index in [1.165, 1.54) is 17.4 Å². The molecule has 1 aromatic heterocycles. The van der Waals surface area contributed by atoms with E-state index >= 15 is 0 Å². The highest BCUT2D eigenvalue weighted by Gasteiger charge is 2.25. The van der Waals surface area contributed by atoms with Crippen molar-refractivity contribution in [1.82, 2.24) is 4.90 Å². The molecule has 0 aliphatic heterocycles. The summed E-state index contributed by atoms with van der Waals surface area (Å²) >= 11 is 1.22. The lowest BCUT2D eigenvalue weighted by Gasteiger charge is -2.19. The van der Waals surface area contributed by atoms with Crippen LogP contribution in [-0.4, -0.2) is 44.9 Å². The first-order valence-electron chi connectivity index (χ1n) is 10.2. The lowest BCUT2D eigenvalue weighted by molar-refractivity contribution is -0.107. The van der Waals surface area contributed by atoms with Crippen molar-refractivity contribution in [3.05, 3.63) is 70.8 Å². The Morgan fingerprint density at radius 3 is 2.27 bits per heavy atom. The van der Waals surface area contributed by atoms with Gasteiger partial charge in [-0.25, -0.2) is 8.78 Å². The summed E-state index contributed by atoms with van der Waals surface area (Å²) in [6.07, 6.45) is 1.16. The third kappa shape index (κ3) is 5.62. The Labute approximate surface area is 195 Å². The summed E-state index contributed by atoms with van der Waals surface area (Å²) in [4.78, 5) is 28.1. The fourth-order valence-corrected chi connectivity index (χ4v) is 4.68. The van der Waals surface area contributed by atoms with Crippen LogP contribution in [0.15, 0.2) is 42.5 Å². The molecule has 0 saturated heterocycles. The summed E-state index contributed by atoms with van der Waals surface area (Å²) in [5.74, 6) is -1.52. The molecule has 174 valence electrons. The third-order valence-corrected chi connectivity index (χ3v) is 6.54. The van der Waals surface area contributed by atoms with Crippen molar-refractivity contribution < 1.29 is 23.1 Å². The van der Waals surface area contributed by atoms with E-state index in [-0.39, 0.29) is 12.1 Å². The predicted octanol–water partition coefficient (Wildman–Crippen LogP) is 4.33. The van der Waals surface area contributed by atoms with Gasteiger partial charge in [-0.15, -0.1) is 11.3 Å². The van der Waals surface area contributed by atoms with E-state index in [1.54, 1.807) is 19.2 Å². The number of likely N-dealkylation sites (N-methyl/N-ethyl adjacent to an activating group) is 1. The summed E-state index contributed by atoms with van der Waals surface area (Å²) in [6.45, 7) is 1.20. The van der Waals surface area contributed by atoms with E-state index in [2.05, 4.69) is 0 Å². The Morgan fingerprint density at radius 2 is 1.70 bits per heavy atom. The highest BCUT2D eigenvalue weighted by Crippen LogP contribution is 2.42. The van der Waals surface area contributed by atoms with Gasteiger partial charge >= 0.3 is 0 Å². The zero-order valence-electron chi connectivity index (χ0n) is 18.4. The van der Waals surface area contributed by atoms with E-state index in [1.807, 2.05) is 24.1 Å². The number of amides is 1. The summed E-state index contributed by atoms with van der Waals surface area (Å²) in [7, 11) is 3.50. The van der Waals surface area contributed by atoms with Crippen molar-refractivity contribution in [1.29, 1.82) is 0 Å². The van der Waals surface area contributed by atoms with E-state index in [0.717, 1.165) is 27.5 Å². The molecule has 0 atom stereocenters. The number of rotatable bonds is 11. The van der Waals surface area contributed by atoms with Crippen LogP contribution >= 0.6 is 11.3 Å². The first kappa shape index (κ1) is 24.5. The fraction of sp³-hybridized carbons (Fsp3) is 0.250. The van der Waals surface area contributed by atoms with Crippen LogP contribution in [-0.2, 0) is 22.6 Å². The first-order valence-corrected chi connectivity index (χ1v) is 11.0. The number of methoxy groups -OCH3 is 1. The molecular formula is C24H25F2N3O3S. The third-order valence-electron chi connectivity index (χ3n) is 5.20. The normalized spacial score (nSPS) is 11.1. The summed E-state index contributed by atoms with van der Waals surface area (Å²) in [5.41, 5.74) is 8.01. The largest absolute Gasteiger partial charge is 0.399 e. The molecule has 2 aromatic carbocycles. The molecule has 0 aliphatic carbocycles. The summed E-state index contributed by atoms with van der Waals surface area (Å²) in [6, 6.07) is 10.7. The Kier molecular flexibility index (Phi) is 8.26. The zero-order valence-corrected chi connectivity index (χ0v) is 19.2. The lowest BCUT2D eigenvalue weighted by Crippen LogP contribution is -2.24. The number of carbonyl (C=O) groups is 2. The standard InChI is InChI=1S/C24H25F2N3O3S/c1-28(10-11-32-2)12-18-20(14-30)24(33-23(18)16-6-8-17(27)9-7-16)29(15-31)13-19-21(25)4-3-5-22(19)26/h3-9,14-15H,10-13,27H2,1-2H3. The second-order valence-corrected chi connectivity index (χ2v) is 8.53. The number of halogens is 2. The van der Waals surface area contributed by atoms with E-state index in [0.29, 0.717) is 54.2 Å². The first-order chi connectivity index (χ1) is 15.9. The van der Waals surface area contributed by atoms with Gasteiger partial charge in [-0.05, 0) is 42.4 Å². The predicted molar refractivity (Wildman–Crippen MR) is 126 cm³/mol. The molecular weight excluding hydrogens is 448 g/mol. The smallest absolute Gasteiger partial charge is 0.215 e. The molecule has 33 heavy (non-hydrogen) atoms. The maximum atomic E-state index is 14.2. The average molecular weight is 474 g/mol.